The summed E-state index contributed by atoms with van der Waals surface area (Å²) in [5.41, 5.74) is 1.76. The van der Waals surface area contributed by atoms with Crippen molar-refractivity contribution >= 4 is 38.6 Å². The number of nitrogens with one attached hydrogen (secondary N) is 2. The summed E-state index contributed by atoms with van der Waals surface area (Å²) < 4.78 is 8.06. The van der Waals surface area contributed by atoms with E-state index in [1.165, 1.54) is 0 Å². The van der Waals surface area contributed by atoms with E-state index in [1.807, 2.05) is 44.3 Å². The Bertz CT molecular complexity index is 1230. The van der Waals surface area contributed by atoms with E-state index in [4.69, 9.17) is 14.7 Å². The molecule has 0 amide bonds. The van der Waals surface area contributed by atoms with Crippen LogP contribution in [0.4, 0.5) is 11.8 Å². The van der Waals surface area contributed by atoms with Crippen LogP contribution in [0.1, 0.15) is 43.7 Å². The van der Waals surface area contributed by atoms with Crippen molar-refractivity contribution in [3.63, 3.8) is 0 Å². The number of benzene rings is 1. The first-order valence-corrected chi connectivity index (χ1v) is 11.1. The van der Waals surface area contributed by atoms with Crippen molar-refractivity contribution in [2.24, 2.45) is 7.05 Å². The molecule has 1 aromatic carbocycles. The van der Waals surface area contributed by atoms with Crippen LogP contribution in [0, 0.1) is 0 Å². The summed E-state index contributed by atoms with van der Waals surface area (Å²) in [6, 6.07) is 9.63. The van der Waals surface area contributed by atoms with Gasteiger partial charge in [-0.3, -0.25) is 4.68 Å². The number of hydrogen-bond acceptors (Lipinski definition) is 8. The zero-order valence-corrected chi connectivity index (χ0v) is 20.0. The minimum absolute atomic E-state index is 0.0901. The Labute approximate surface area is 194 Å². The van der Waals surface area contributed by atoms with E-state index in [1.54, 1.807) is 24.3 Å². The second kappa shape index (κ2) is 9.47. The van der Waals surface area contributed by atoms with Gasteiger partial charge in [0.25, 0.3) is 0 Å². The molecule has 4 rings (SSSR count). The number of methoxy groups -OCH3 is 1. The van der Waals surface area contributed by atoms with Crippen molar-refractivity contribution in [1.29, 1.82) is 0 Å². The molecule has 0 saturated heterocycles. The summed E-state index contributed by atoms with van der Waals surface area (Å²) in [4.78, 5) is 18.2. The molecule has 4 aromatic rings. The number of aromatic nitrogens is 6. The van der Waals surface area contributed by atoms with Gasteiger partial charge in [-0.15, -0.1) is 0 Å². The molecule has 0 fully saturated rings. The van der Waals surface area contributed by atoms with Crippen LogP contribution in [0.3, 0.4) is 0 Å². The lowest BCUT2D eigenvalue weighted by Gasteiger charge is -2.20. The van der Waals surface area contributed by atoms with Gasteiger partial charge in [0.2, 0.25) is 11.8 Å². The number of hydrogen-bond donors (Lipinski definition) is 2. The summed E-state index contributed by atoms with van der Waals surface area (Å²) in [6.07, 6.45) is 4.19. The van der Waals surface area contributed by atoms with Gasteiger partial charge >= 0.3 is 0 Å². The summed E-state index contributed by atoms with van der Waals surface area (Å²) >= 11 is 3.54. The maximum atomic E-state index is 5.43. The van der Waals surface area contributed by atoms with E-state index in [-0.39, 0.29) is 12.1 Å². The topological polar surface area (TPSA) is 103 Å². The van der Waals surface area contributed by atoms with Crippen LogP contribution in [0.2, 0.25) is 0 Å². The Morgan fingerprint density at radius 3 is 2.72 bits per heavy atom. The third kappa shape index (κ3) is 4.64. The molecule has 9 nitrogen and oxygen atoms in total. The minimum atomic E-state index is -0.107. The number of nitrogens with zero attached hydrogens (tertiary/aromatic N) is 6. The normalized spacial score (nSPS) is 13.0. The second-order valence-corrected chi connectivity index (χ2v) is 8.32. The van der Waals surface area contributed by atoms with Gasteiger partial charge in [-0.1, -0.05) is 28.9 Å². The molecular weight excluding hydrogens is 472 g/mol. The summed E-state index contributed by atoms with van der Waals surface area (Å²) in [5, 5.41) is 12.2. The predicted molar refractivity (Wildman–Crippen MR) is 128 cm³/mol. The van der Waals surface area contributed by atoms with E-state index < -0.39 is 0 Å². The molecule has 3 heterocycles. The highest BCUT2D eigenvalue weighted by Crippen LogP contribution is 2.31. The molecule has 3 aromatic heterocycles. The van der Waals surface area contributed by atoms with Crippen LogP contribution in [0.5, 0.6) is 5.88 Å². The molecule has 0 aliphatic carbocycles. The van der Waals surface area contributed by atoms with Crippen molar-refractivity contribution in [3.8, 4) is 5.88 Å². The lowest BCUT2D eigenvalue weighted by Crippen LogP contribution is -2.16. The molecule has 1 unspecified atom stereocenters. The lowest BCUT2D eigenvalue weighted by atomic mass is 10.1. The van der Waals surface area contributed by atoms with Crippen LogP contribution in [0.25, 0.3) is 10.9 Å². The van der Waals surface area contributed by atoms with Gasteiger partial charge in [0.1, 0.15) is 12.1 Å². The highest BCUT2D eigenvalue weighted by molar-refractivity contribution is 9.10. The molecule has 2 atom stereocenters. The van der Waals surface area contributed by atoms with Crippen LogP contribution < -0.4 is 15.4 Å². The number of pyridine rings is 1. The highest BCUT2D eigenvalue weighted by atomic mass is 79.9. The summed E-state index contributed by atoms with van der Waals surface area (Å²) in [6.45, 7) is 4.12. The molecule has 2 N–H and O–H groups in total. The van der Waals surface area contributed by atoms with Crippen molar-refractivity contribution < 1.29 is 4.74 Å². The molecule has 0 aliphatic rings. The smallest absolute Gasteiger partial charge is 0.225 e. The summed E-state index contributed by atoms with van der Waals surface area (Å²) in [7, 11) is 3.47. The molecule has 10 heteroatoms. The van der Waals surface area contributed by atoms with Crippen LogP contribution >= 0.6 is 15.9 Å². The van der Waals surface area contributed by atoms with Crippen LogP contribution in [0.15, 0.2) is 47.3 Å². The monoisotopic (exact) mass is 496 g/mol. The fraction of sp³-hybridized carbons (Fsp3) is 0.318. The maximum Gasteiger partial charge on any atom is 0.225 e. The quantitative estimate of drug-likeness (QED) is 0.363. The maximum absolute atomic E-state index is 5.43. The number of rotatable bonds is 8. The average molecular weight is 497 g/mol. The van der Waals surface area contributed by atoms with Gasteiger partial charge in [0, 0.05) is 28.7 Å². The molecule has 0 bridgehead atoms. The number of ether oxygens (including phenoxy) is 1. The molecule has 0 radical (unpaired) electrons. The average Bonchev–Trinajstić information content (AvgIpc) is 3.23. The third-order valence-corrected chi connectivity index (χ3v) is 5.61. The Balaban J connectivity index is 1.71. The second-order valence-electron chi connectivity index (χ2n) is 7.41. The highest BCUT2D eigenvalue weighted by Gasteiger charge is 2.19. The Morgan fingerprint density at radius 1 is 1.16 bits per heavy atom. The number of halogens is 1. The molecule has 0 spiro atoms. The van der Waals surface area contributed by atoms with Gasteiger partial charge in [-0.05, 0) is 37.6 Å². The van der Waals surface area contributed by atoms with Crippen molar-refractivity contribution in [1.82, 2.24) is 29.7 Å². The standard InChI is InChI=1S/C22H25BrN8O/c1-5-17(20-25-12-31(3)30-20)27-22-28-18-11-14(23)8-9-16(18)19(29-22)26-13(2)15-7-6-10-24-21(15)32-4/h6-13,17H,5H2,1-4H3,(H2,26,27,28,29)/t13?,17-/m0/s1. The number of anilines is 2. The predicted octanol–water partition coefficient (Wildman–Crippen LogP) is 4.66. The lowest BCUT2D eigenvalue weighted by molar-refractivity contribution is 0.390. The first-order chi connectivity index (χ1) is 15.5. The first kappa shape index (κ1) is 21.9. The Kier molecular flexibility index (Phi) is 6.50. The van der Waals surface area contributed by atoms with Crippen LogP contribution in [-0.4, -0.2) is 36.8 Å². The van der Waals surface area contributed by atoms with E-state index in [0.29, 0.717) is 23.5 Å². The zero-order valence-electron chi connectivity index (χ0n) is 18.4. The Hall–Kier alpha value is -3.27. The van der Waals surface area contributed by atoms with E-state index >= 15 is 0 Å². The van der Waals surface area contributed by atoms with Crippen molar-refractivity contribution in [2.75, 3.05) is 17.7 Å². The molecule has 0 saturated carbocycles. The van der Waals surface area contributed by atoms with Gasteiger partial charge < -0.3 is 15.4 Å². The first-order valence-electron chi connectivity index (χ1n) is 10.3. The number of fused-ring (bicyclic) bond motifs is 1. The number of aryl methyl sites for hydroxylation is 1. The van der Waals surface area contributed by atoms with E-state index in [2.05, 4.69) is 48.6 Å². The molecular formula is C22H25BrN8O. The van der Waals surface area contributed by atoms with Gasteiger partial charge in [0.05, 0.1) is 24.7 Å². The van der Waals surface area contributed by atoms with Gasteiger partial charge in [-0.25, -0.2) is 15.0 Å². The van der Waals surface area contributed by atoms with Gasteiger partial charge in [0.15, 0.2) is 5.82 Å². The van der Waals surface area contributed by atoms with Crippen molar-refractivity contribution in [2.45, 2.75) is 32.4 Å². The van der Waals surface area contributed by atoms with Crippen LogP contribution in [-0.2, 0) is 7.05 Å². The third-order valence-electron chi connectivity index (χ3n) is 5.11. The zero-order chi connectivity index (χ0) is 22.7. The molecule has 32 heavy (non-hydrogen) atoms. The van der Waals surface area contributed by atoms with Crippen molar-refractivity contribution in [3.05, 3.63) is 58.7 Å². The minimum Gasteiger partial charge on any atom is -0.481 e. The largest absolute Gasteiger partial charge is 0.481 e. The molecule has 166 valence electrons. The fourth-order valence-electron chi connectivity index (χ4n) is 3.48. The molecule has 0 aliphatic heterocycles. The fourth-order valence-corrected chi connectivity index (χ4v) is 3.83. The summed E-state index contributed by atoms with van der Waals surface area (Å²) in [5.74, 6) is 2.50. The van der Waals surface area contributed by atoms with E-state index in [0.717, 1.165) is 27.4 Å². The SMILES string of the molecule is CC[C@H](Nc1nc(NC(C)c2cccnc2OC)c2ccc(Br)cc2n1)c1ncn(C)n1. The van der Waals surface area contributed by atoms with Gasteiger partial charge in [-0.2, -0.15) is 10.1 Å². The van der Waals surface area contributed by atoms with E-state index in [9.17, 15) is 0 Å². The Morgan fingerprint density at radius 2 is 2.00 bits per heavy atom.